The van der Waals surface area contributed by atoms with Crippen LogP contribution >= 0.6 is 22.7 Å². The van der Waals surface area contributed by atoms with E-state index in [2.05, 4.69) is 22.4 Å². The van der Waals surface area contributed by atoms with E-state index in [1.54, 1.807) is 11.3 Å². The Morgan fingerprint density at radius 1 is 1.19 bits per heavy atom. The van der Waals surface area contributed by atoms with Gasteiger partial charge >= 0.3 is 0 Å². The maximum atomic E-state index is 13.1. The van der Waals surface area contributed by atoms with Crippen molar-refractivity contribution in [2.24, 2.45) is 0 Å². The molecule has 0 amide bonds. The molecule has 6 heteroatoms. The van der Waals surface area contributed by atoms with E-state index in [4.69, 9.17) is 5.73 Å². The molecule has 1 fully saturated rings. The number of thiazole rings is 1. The van der Waals surface area contributed by atoms with Crippen LogP contribution in [-0.2, 0) is 0 Å². The summed E-state index contributed by atoms with van der Waals surface area (Å²) in [5.74, 6) is 0.294. The molecule has 0 saturated heterocycles. The van der Waals surface area contributed by atoms with Gasteiger partial charge in [0.05, 0.1) is 0 Å². The number of aromatic nitrogens is 1. The first-order valence-electron chi connectivity index (χ1n) is 8.85. The van der Waals surface area contributed by atoms with Crippen molar-refractivity contribution in [2.45, 2.75) is 38.6 Å². The number of ketones is 1. The molecule has 1 aromatic carbocycles. The van der Waals surface area contributed by atoms with E-state index in [0.717, 1.165) is 38.9 Å². The minimum absolute atomic E-state index is 0.0320. The van der Waals surface area contributed by atoms with Crippen LogP contribution in [0.1, 0.15) is 45.8 Å². The zero-order valence-electron chi connectivity index (χ0n) is 14.6. The Balaban J connectivity index is 1.60. The molecule has 134 valence electrons. The van der Waals surface area contributed by atoms with E-state index in [9.17, 15) is 4.79 Å². The Kier molecular flexibility index (Phi) is 4.78. The Morgan fingerprint density at radius 3 is 2.65 bits per heavy atom. The van der Waals surface area contributed by atoms with Crippen LogP contribution in [0.2, 0.25) is 0 Å². The second-order valence-corrected chi connectivity index (χ2v) is 8.89. The van der Waals surface area contributed by atoms with Crippen LogP contribution in [0.15, 0.2) is 36.4 Å². The van der Waals surface area contributed by atoms with Crippen molar-refractivity contribution in [3.8, 4) is 10.4 Å². The molecule has 0 unspecified atom stereocenters. The fourth-order valence-corrected chi connectivity index (χ4v) is 5.31. The summed E-state index contributed by atoms with van der Waals surface area (Å²) < 4.78 is 0. The molecule has 2 heterocycles. The Morgan fingerprint density at radius 2 is 1.92 bits per heavy atom. The molecule has 0 bridgehead atoms. The molecule has 0 spiro atoms. The number of aryl methyl sites for hydroxylation is 1. The lowest BCUT2D eigenvalue weighted by Gasteiger charge is -2.09. The first-order valence-corrected chi connectivity index (χ1v) is 10.5. The molecular weight excluding hydrogens is 362 g/mol. The number of nitrogens with zero attached hydrogens (tertiary/aromatic N) is 1. The summed E-state index contributed by atoms with van der Waals surface area (Å²) in [5, 5.41) is 4.19. The maximum Gasteiger partial charge on any atom is 0.207 e. The predicted molar refractivity (Wildman–Crippen MR) is 110 cm³/mol. The first-order chi connectivity index (χ1) is 12.6. The Bertz CT molecular complexity index is 924. The largest absolute Gasteiger partial charge is 0.382 e. The standard InChI is InChI=1S/C20H21N3OS2/c1-12-15(11-16(25-12)13-7-3-2-4-8-13)17(24)18-19(21)23-20(26-18)22-14-9-5-6-10-14/h2-4,7-8,11,14H,5-6,9-10,21H2,1H3,(H,22,23). The third-order valence-electron chi connectivity index (χ3n) is 4.76. The second-order valence-electron chi connectivity index (χ2n) is 6.63. The molecule has 2 aromatic heterocycles. The van der Waals surface area contributed by atoms with Gasteiger partial charge in [-0.1, -0.05) is 54.5 Å². The molecule has 0 aliphatic heterocycles. The number of nitrogens with two attached hydrogens (primary N) is 1. The monoisotopic (exact) mass is 383 g/mol. The molecule has 0 radical (unpaired) electrons. The number of hydrogen-bond acceptors (Lipinski definition) is 6. The van der Waals surface area contributed by atoms with Crippen LogP contribution < -0.4 is 11.1 Å². The summed E-state index contributed by atoms with van der Waals surface area (Å²) in [6, 6.07) is 12.6. The van der Waals surface area contributed by atoms with Gasteiger partial charge in [-0.15, -0.1) is 11.3 Å². The van der Waals surface area contributed by atoms with Crippen LogP contribution in [0.4, 0.5) is 10.9 Å². The number of hydrogen-bond donors (Lipinski definition) is 2. The van der Waals surface area contributed by atoms with E-state index in [1.807, 2.05) is 31.2 Å². The highest BCUT2D eigenvalue weighted by atomic mass is 32.1. The van der Waals surface area contributed by atoms with Crippen molar-refractivity contribution >= 4 is 39.4 Å². The average Bonchev–Trinajstić information content (AvgIpc) is 3.36. The van der Waals surface area contributed by atoms with E-state index in [-0.39, 0.29) is 5.78 Å². The quantitative estimate of drug-likeness (QED) is 0.583. The van der Waals surface area contributed by atoms with Crippen molar-refractivity contribution in [1.29, 1.82) is 0 Å². The topological polar surface area (TPSA) is 68.0 Å². The number of carbonyl (C=O) groups excluding carboxylic acids is 1. The van der Waals surface area contributed by atoms with Crippen molar-refractivity contribution < 1.29 is 4.79 Å². The number of carbonyl (C=O) groups is 1. The highest BCUT2D eigenvalue weighted by Crippen LogP contribution is 2.35. The van der Waals surface area contributed by atoms with E-state index in [0.29, 0.717) is 16.7 Å². The Hall–Kier alpha value is -2.18. The smallest absolute Gasteiger partial charge is 0.207 e. The maximum absolute atomic E-state index is 13.1. The Labute approximate surface area is 161 Å². The highest BCUT2D eigenvalue weighted by Gasteiger charge is 2.23. The van der Waals surface area contributed by atoms with Gasteiger partial charge in [0, 0.05) is 21.4 Å². The zero-order valence-corrected chi connectivity index (χ0v) is 16.3. The molecule has 4 rings (SSSR count). The first kappa shape index (κ1) is 17.2. The number of thiophene rings is 1. The summed E-state index contributed by atoms with van der Waals surface area (Å²) in [5.41, 5.74) is 7.91. The molecule has 1 saturated carbocycles. The number of nitrogens with one attached hydrogen (secondary N) is 1. The summed E-state index contributed by atoms with van der Waals surface area (Å²) >= 11 is 3.01. The highest BCUT2D eigenvalue weighted by molar-refractivity contribution is 7.18. The third kappa shape index (κ3) is 3.39. The predicted octanol–water partition coefficient (Wildman–Crippen LogP) is 5.35. The van der Waals surface area contributed by atoms with Gasteiger partial charge in [0.25, 0.3) is 0 Å². The normalized spacial score (nSPS) is 14.7. The van der Waals surface area contributed by atoms with Gasteiger partial charge < -0.3 is 11.1 Å². The zero-order chi connectivity index (χ0) is 18.1. The average molecular weight is 384 g/mol. The molecule has 1 aliphatic rings. The fraction of sp³-hybridized carbons (Fsp3) is 0.300. The molecule has 4 nitrogen and oxygen atoms in total. The van der Waals surface area contributed by atoms with Crippen LogP contribution in [0.3, 0.4) is 0 Å². The minimum Gasteiger partial charge on any atom is -0.382 e. The molecule has 3 aromatic rings. The number of anilines is 2. The molecule has 0 atom stereocenters. The van der Waals surface area contributed by atoms with Crippen LogP contribution in [0.25, 0.3) is 10.4 Å². The summed E-state index contributed by atoms with van der Waals surface area (Å²) in [4.78, 5) is 20.1. The van der Waals surface area contributed by atoms with Gasteiger partial charge in [-0.25, -0.2) is 4.98 Å². The second kappa shape index (κ2) is 7.21. The van der Waals surface area contributed by atoms with Gasteiger partial charge in [0.1, 0.15) is 10.7 Å². The molecular formula is C20H21N3OS2. The van der Waals surface area contributed by atoms with Gasteiger partial charge in [-0.05, 0) is 31.4 Å². The van der Waals surface area contributed by atoms with Crippen molar-refractivity contribution in [3.63, 3.8) is 0 Å². The van der Waals surface area contributed by atoms with Gasteiger partial charge in [-0.3, -0.25) is 4.79 Å². The fourth-order valence-electron chi connectivity index (χ4n) is 3.38. The SMILES string of the molecule is Cc1sc(-c2ccccc2)cc1C(=O)c1sc(NC2CCCC2)nc1N. The van der Waals surface area contributed by atoms with Gasteiger partial charge in [0.15, 0.2) is 5.13 Å². The number of rotatable bonds is 5. The van der Waals surface area contributed by atoms with E-state index >= 15 is 0 Å². The lowest BCUT2D eigenvalue weighted by molar-refractivity contribution is 0.104. The lowest BCUT2D eigenvalue weighted by Crippen LogP contribution is -2.14. The lowest BCUT2D eigenvalue weighted by atomic mass is 10.1. The summed E-state index contributed by atoms with van der Waals surface area (Å²) in [6.07, 6.45) is 4.82. The molecule has 3 N–H and O–H groups in total. The number of benzene rings is 1. The summed E-state index contributed by atoms with van der Waals surface area (Å²) in [6.45, 7) is 1.99. The van der Waals surface area contributed by atoms with Crippen LogP contribution in [-0.4, -0.2) is 16.8 Å². The minimum atomic E-state index is -0.0320. The van der Waals surface area contributed by atoms with Gasteiger partial charge in [0.2, 0.25) is 5.78 Å². The van der Waals surface area contributed by atoms with Gasteiger partial charge in [-0.2, -0.15) is 0 Å². The number of nitrogen functional groups attached to an aromatic ring is 1. The molecule has 1 aliphatic carbocycles. The molecule has 26 heavy (non-hydrogen) atoms. The van der Waals surface area contributed by atoms with Crippen molar-refractivity contribution in [2.75, 3.05) is 11.1 Å². The van der Waals surface area contributed by atoms with E-state index in [1.165, 1.54) is 24.2 Å². The van der Waals surface area contributed by atoms with Crippen LogP contribution in [0, 0.1) is 6.92 Å². The van der Waals surface area contributed by atoms with Crippen LogP contribution in [0.5, 0.6) is 0 Å². The van der Waals surface area contributed by atoms with Crippen molar-refractivity contribution in [1.82, 2.24) is 4.98 Å². The van der Waals surface area contributed by atoms with Crippen molar-refractivity contribution in [3.05, 3.63) is 51.7 Å². The van der Waals surface area contributed by atoms with E-state index < -0.39 is 0 Å². The summed E-state index contributed by atoms with van der Waals surface area (Å²) in [7, 11) is 0. The third-order valence-corrected chi connectivity index (χ3v) is 6.86.